The Bertz CT molecular complexity index is 426. The first-order chi connectivity index (χ1) is 9.81. The number of anilines is 1. The Kier molecular flexibility index (Phi) is 4.73. The lowest BCUT2D eigenvalue weighted by atomic mass is 9.89. The molecule has 2 aliphatic rings. The van der Waals surface area contributed by atoms with Crippen molar-refractivity contribution in [3.8, 4) is 0 Å². The van der Waals surface area contributed by atoms with E-state index in [1.807, 2.05) is 6.20 Å². The van der Waals surface area contributed by atoms with Gasteiger partial charge in [0.25, 0.3) is 0 Å². The van der Waals surface area contributed by atoms with Crippen molar-refractivity contribution >= 4 is 17.4 Å². The van der Waals surface area contributed by atoms with E-state index in [4.69, 9.17) is 11.6 Å². The topological polar surface area (TPSA) is 32.3 Å². The highest BCUT2D eigenvalue weighted by molar-refractivity contribution is 6.29. The molecule has 2 fully saturated rings. The van der Waals surface area contributed by atoms with Crippen LogP contribution in [-0.2, 0) is 0 Å². The molecule has 1 saturated carbocycles. The monoisotopic (exact) mass is 294 g/mol. The molecule has 0 amide bonds. The number of nitrogens with zero attached hydrogens (tertiary/aromatic N) is 4. The van der Waals surface area contributed by atoms with E-state index >= 15 is 0 Å². The van der Waals surface area contributed by atoms with Crippen LogP contribution in [0.2, 0.25) is 5.15 Å². The molecular formula is C15H23ClN4. The van der Waals surface area contributed by atoms with E-state index in [2.05, 4.69) is 19.8 Å². The lowest BCUT2D eigenvalue weighted by Crippen LogP contribution is -2.48. The van der Waals surface area contributed by atoms with Crippen LogP contribution in [0.15, 0.2) is 12.4 Å². The summed E-state index contributed by atoms with van der Waals surface area (Å²) < 4.78 is 0. The maximum absolute atomic E-state index is 5.91. The molecule has 4 nitrogen and oxygen atoms in total. The van der Waals surface area contributed by atoms with Gasteiger partial charge in [-0.05, 0) is 18.8 Å². The molecule has 0 radical (unpaired) electrons. The van der Waals surface area contributed by atoms with E-state index in [0.717, 1.165) is 37.9 Å². The third-order valence-electron chi connectivity index (χ3n) is 4.53. The van der Waals surface area contributed by atoms with Crippen molar-refractivity contribution < 1.29 is 0 Å². The second-order valence-corrected chi connectivity index (χ2v) is 6.38. The van der Waals surface area contributed by atoms with Crippen molar-refractivity contribution in [2.45, 2.75) is 32.1 Å². The standard InChI is InChI=1S/C15H23ClN4/c16-14-10-17-11-15(18-14)20-8-6-19(7-9-20)12-13-4-2-1-3-5-13/h10-11,13H,1-9,12H2. The van der Waals surface area contributed by atoms with E-state index < -0.39 is 0 Å². The summed E-state index contributed by atoms with van der Waals surface area (Å²) >= 11 is 5.91. The number of halogens is 1. The van der Waals surface area contributed by atoms with Crippen LogP contribution < -0.4 is 4.90 Å². The van der Waals surface area contributed by atoms with Crippen molar-refractivity contribution in [2.75, 3.05) is 37.6 Å². The lowest BCUT2D eigenvalue weighted by molar-refractivity contribution is 0.191. The second kappa shape index (κ2) is 6.72. The summed E-state index contributed by atoms with van der Waals surface area (Å²) in [6, 6.07) is 0. The molecule has 0 spiro atoms. The Labute approximate surface area is 126 Å². The van der Waals surface area contributed by atoms with Gasteiger partial charge in [-0.2, -0.15) is 0 Å². The summed E-state index contributed by atoms with van der Waals surface area (Å²) in [5, 5.41) is 0.479. The number of aromatic nitrogens is 2. The van der Waals surface area contributed by atoms with Crippen molar-refractivity contribution in [3.63, 3.8) is 0 Å². The first-order valence-corrected chi connectivity index (χ1v) is 8.14. The minimum Gasteiger partial charge on any atom is -0.353 e. The van der Waals surface area contributed by atoms with Crippen molar-refractivity contribution in [1.82, 2.24) is 14.9 Å². The Morgan fingerprint density at radius 1 is 1.05 bits per heavy atom. The van der Waals surface area contributed by atoms with Crippen LogP contribution in [0.3, 0.4) is 0 Å². The first-order valence-electron chi connectivity index (χ1n) is 7.76. The summed E-state index contributed by atoms with van der Waals surface area (Å²) in [6.45, 7) is 5.61. The normalized spacial score (nSPS) is 22.1. The number of hydrogen-bond donors (Lipinski definition) is 0. The maximum Gasteiger partial charge on any atom is 0.149 e. The Hall–Kier alpha value is -0.870. The molecule has 1 saturated heterocycles. The number of rotatable bonds is 3. The Balaban J connectivity index is 1.49. The van der Waals surface area contributed by atoms with E-state index in [1.54, 1.807) is 6.20 Å². The predicted octanol–water partition coefficient (Wildman–Crippen LogP) is 2.83. The molecule has 1 aromatic rings. The zero-order chi connectivity index (χ0) is 13.8. The molecule has 5 heteroatoms. The molecule has 110 valence electrons. The zero-order valence-electron chi connectivity index (χ0n) is 12.0. The predicted molar refractivity (Wildman–Crippen MR) is 82.3 cm³/mol. The van der Waals surface area contributed by atoms with Crippen molar-refractivity contribution in [3.05, 3.63) is 17.5 Å². The van der Waals surface area contributed by atoms with Gasteiger partial charge in [-0.1, -0.05) is 30.9 Å². The Morgan fingerprint density at radius 3 is 2.50 bits per heavy atom. The lowest BCUT2D eigenvalue weighted by Gasteiger charge is -2.37. The zero-order valence-corrected chi connectivity index (χ0v) is 12.7. The first kappa shape index (κ1) is 14.1. The minimum atomic E-state index is 0.479. The van der Waals surface area contributed by atoms with Gasteiger partial charge < -0.3 is 4.90 Å². The van der Waals surface area contributed by atoms with Crippen LogP contribution in [0.25, 0.3) is 0 Å². The molecule has 20 heavy (non-hydrogen) atoms. The van der Waals surface area contributed by atoms with Crippen LogP contribution in [0.1, 0.15) is 32.1 Å². The molecule has 0 atom stereocenters. The van der Waals surface area contributed by atoms with Gasteiger partial charge in [-0.15, -0.1) is 0 Å². The summed E-state index contributed by atoms with van der Waals surface area (Å²) in [5.41, 5.74) is 0. The van der Waals surface area contributed by atoms with Crippen molar-refractivity contribution in [1.29, 1.82) is 0 Å². The molecule has 0 unspecified atom stereocenters. The van der Waals surface area contributed by atoms with Crippen LogP contribution in [0.4, 0.5) is 5.82 Å². The van der Waals surface area contributed by atoms with Gasteiger partial charge >= 0.3 is 0 Å². The number of piperazine rings is 1. The smallest absolute Gasteiger partial charge is 0.149 e. The van der Waals surface area contributed by atoms with Gasteiger partial charge in [0, 0.05) is 32.7 Å². The fourth-order valence-electron chi connectivity index (χ4n) is 3.38. The van der Waals surface area contributed by atoms with Crippen LogP contribution in [0.5, 0.6) is 0 Å². The Morgan fingerprint density at radius 2 is 1.80 bits per heavy atom. The third kappa shape index (κ3) is 3.61. The molecule has 0 aromatic carbocycles. The minimum absolute atomic E-state index is 0.479. The summed E-state index contributed by atoms with van der Waals surface area (Å²) in [7, 11) is 0. The molecular weight excluding hydrogens is 272 g/mol. The van der Waals surface area contributed by atoms with Crippen LogP contribution in [-0.4, -0.2) is 47.6 Å². The largest absolute Gasteiger partial charge is 0.353 e. The highest BCUT2D eigenvalue weighted by Crippen LogP contribution is 2.25. The quantitative estimate of drug-likeness (QED) is 0.858. The highest BCUT2D eigenvalue weighted by atomic mass is 35.5. The average Bonchev–Trinajstić information content (AvgIpc) is 2.49. The van der Waals surface area contributed by atoms with E-state index in [9.17, 15) is 0 Å². The van der Waals surface area contributed by atoms with Crippen LogP contribution >= 0.6 is 11.6 Å². The highest BCUT2D eigenvalue weighted by Gasteiger charge is 2.22. The fourth-order valence-corrected chi connectivity index (χ4v) is 3.52. The molecule has 0 N–H and O–H groups in total. The van der Waals surface area contributed by atoms with Gasteiger partial charge in [0.2, 0.25) is 0 Å². The molecule has 1 aliphatic carbocycles. The number of hydrogen-bond acceptors (Lipinski definition) is 4. The fraction of sp³-hybridized carbons (Fsp3) is 0.733. The van der Waals surface area contributed by atoms with Gasteiger partial charge in [0.05, 0.1) is 12.4 Å². The average molecular weight is 295 g/mol. The van der Waals surface area contributed by atoms with Gasteiger partial charge in [-0.3, -0.25) is 9.88 Å². The van der Waals surface area contributed by atoms with Gasteiger partial charge in [0.1, 0.15) is 11.0 Å². The van der Waals surface area contributed by atoms with Gasteiger partial charge in [0.15, 0.2) is 0 Å². The maximum atomic E-state index is 5.91. The molecule has 1 aliphatic heterocycles. The molecule has 1 aromatic heterocycles. The summed E-state index contributed by atoms with van der Waals surface area (Å²) in [6.07, 6.45) is 10.6. The van der Waals surface area contributed by atoms with E-state index in [1.165, 1.54) is 38.6 Å². The van der Waals surface area contributed by atoms with E-state index in [0.29, 0.717) is 5.15 Å². The molecule has 2 heterocycles. The van der Waals surface area contributed by atoms with Crippen molar-refractivity contribution in [2.24, 2.45) is 5.92 Å². The van der Waals surface area contributed by atoms with Gasteiger partial charge in [-0.25, -0.2) is 4.98 Å². The van der Waals surface area contributed by atoms with E-state index in [-0.39, 0.29) is 0 Å². The SMILES string of the molecule is Clc1cncc(N2CCN(CC3CCCCC3)CC2)n1. The summed E-state index contributed by atoms with van der Waals surface area (Å²) in [4.78, 5) is 13.4. The van der Waals surface area contributed by atoms with Crippen LogP contribution in [0, 0.1) is 5.92 Å². The molecule has 0 bridgehead atoms. The third-order valence-corrected chi connectivity index (χ3v) is 4.71. The second-order valence-electron chi connectivity index (χ2n) is 5.99. The molecule has 3 rings (SSSR count). The summed E-state index contributed by atoms with van der Waals surface area (Å²) in [5.74, 6) is 1.84.